The summed E-state index contributed by atoms with van der Waals surface area (Å²) >= 11 is 1.80. The molecule has 252 valence electrons. The van der Waals surface area contributed by atoms with Gasteiger partial charge in [-0.2, -0.15) is 0 Å². The second kappa shape index (κ2) is 12.3. The number of benzene rings is 8. The Balaban J connectivity index is 1.04. The SMILES string of the molecule is c1ccc(-c2nc(-c3ccc(-c4cccc5oc6c7ccccc7c(-c7ccccc7)cc6c45)cc3)nc(-c3ccc4c(c3)sc3ccccc34)n2)cc1. The van der Waals surface area contributed by atoms with Crippen molar-refractivity contribution in [3.63, 3.8) is 0 Å². The molecule has 11 rings (SSSR count). The number of hydrogen-bond acceptors (Lipinski definition) is 5. The van der Waals surface area contributed by atoms with Gasteiger partial charge in [0.2, 0.25) is 0 Å². The Morgan fingerprint density at radius 3 is 1.67 bits per heavy atom. The lowest BCUT2D eigenvalue weighted by Crippen LogP contribution is -2.00. The molecule has 0 atom stereocenters. The van der Waals surface area contributed by atoms with Crippen LogP contribution in [-0.4, -0.2) is 15.0 Å². The van der Waals surface area contributed by atoms with Gasteiger partial charge >= 0.3 is 0 Å². The van der Waals surface area contributed by atoms with Crippen LogP contribution in [0.4, 0.5) is 0 Å². The quantitative estimate of drug-likeness (QED) is 0.179. The second-order valence-electron chi connectivity index (χ2n) is 13.6. The Labute approximate surface area is 314 Å². The average Bonchev–Trinajstić information content (AvgIpc) is 3.82. The molecule has 0 spiro atoms. The second-order valence-corrected chi connectivity index (χ2v) is 14.6. The molecule has 0 aliphatic heterocycles. The molecule has 3 heterocycles. The van der Waals surface area contributed by atoms with Gasteiger partial charge < -0.3 is 4.42 Å². The third-order valence-electron chi connectivity index (χ3n) is 10.3. The number of hydrogen-bond donors (Lipinski definition) is 0. The molecule has 0 N–H and O–H groups in total. The van der Waals surface area contributed by atoms with Crippen molar-refractivity contribution in [2.75, 3.05) is 0 Å². The molecule has 0 aliphatic rings. The van der Waals surface area contributed by atoms with E-state index in [2.05, 4.69) is 146 Å². The minimum atomic E-state index is 0.632. The Kier molecular flexibility index (Phi) is 7.00. The highest BCUT2D eigenvalue weighted by atomic mass is 32.1. The summed E-state index contributed by atoms with van der Waals surface area (Å²) in [6, 6.07) is 61.5. The first-order valence-electron chi connectivity index (χ1n) is 18.0. The number of nitrogens with zero attached hydrogens (tertiary/aromatic N) is 3. The van der Waals surface area contributed by atoms with Crippen LogP contribution in [-0.2, 0) is 0 Å². The number of fused-ring (bicyclic) bond motifs is 8. The van der Waals surface area contributed by atoms with E-state index in [1.165, 1.54) is 36.7 Å². The summed E-state index contributed by atoms with van der Waals surface area (Å²) in [5.41, 5.74) is 9.19. The number of aromatic nitrogens is 3. The lowest BCUT2D eigenvalue weighted by atomic mass is 9.93. The van der Waals surface area contributed by atoms with Gasteiger partial charge in [0.05, 0.1) is 0 Å². The van der Waals surface area contributed by atoms with Crippen LogP contribution in [0.3, 0.4) is 0 Å². The lowest BCUT2D eigenvalue weighted by molar-refractivity contribution is 0.673. The van der Waals surface area contributed by atoms with E-state index in [0.717, 1.165) is 55.1 Å². The Morgan fingerprint density at radius 1 is 0.352 bits per heavy atom. The molecule has 3 aromatic heterocycles. The van der Waals surface area contributed by atoms with E-state index in [1.54, 1.807) is 11.3 Å². The van der Waals surface area contributed by atoms with Gasteiger partial charge in [-0.15, -0.1) is 11.3 Å². The Bertz CT molecular complexity index is 3200. The standard InChI is InChI=1S/C49H29N3OS/c1-3-12-30(13-4-1)40-29-41-45-35(19-11-20-42(45)53-46(41)39-18-8-7-16-36(39)40)31-22-24-33(25-23-31)48-50-47(32-14-5-2-6-15-32)51-49(52-48)34-26-27-38-37-17-9-10-21-43(37)54-44(38)28-34/h1-29H. The van der Waals surface area contributed by atoms with Crippen LogP contribution in [0.1, 0.15) is 0 Å². The van der Waals surface area contributed by atoms with Crippen molar-refractivity contribution in [1.29, 1.82) is 0 Å². The summed E-state index contributed by atoms with van der Waals surface area (Å²) in [6.45, 7) is 0. The summed E-state index contributed by atoms with van der Waals surface area (Å²) in [5, 5.41) is 7.02. The summed E-state index contributed by atoms with van der Waals surface area (Å²) in [5.74, 6) is 1.93. The number of rotatable bonds is 5. The highest BCUT2D eigenvalue weighted by Gasteiger charge is 2.19. The average molecular weight is 708 g/mol. The van der Waals surface area contributed by atoms with Crippen LogP contribution in [0, 0.1) is 0 Å². The van der Waals surface area contributed by atoms with Crippen LogP contribution in [0.2, 0.25) is 0 Å². The fourth-order valence-electron chi connectivity index (χ4n) is 7.76. The molecule has 8 aromatic carbocycles. The number of furan rings is 1. The van der Waals surface area contributed by atoms with Crippen molar-refractivity contribution in [3.8, 4) is 56.4 Å². The maximum absolute atomic E-state index is 6.64. The van der Waals surface area contributed by atoms with Gasteiger partial charge in [-0.25, -0.2) is 15.0 Å². The van der Waals surface area contributed by atoms with E-state index in [4.69, 9.17) is 19.4 Å². The van der Waals surface area contributed by atoms with E-state index in [-0.39, 0.29) is 0 Å². The van der Waals surface area contributed by atoms with E-state index >= 15 is 0 Å². The molecule has 0 bridgehead atoms. The van der Waals surface area contributed by atoms with Crippen molar-refractivity contribution in [1.82, 2.24) is 15.0 Å². The van der Waals surface area contributed by atoms with Gasteiger partial charge in [-0.3, -0.25) is 0 Å². The first kappa shape index (κ1) is 30.7. The highest BCUT2D eigenvalue weighted by molar-refractivity contribution is 7.25. The van der Waals surface area contributed by atoms with Crippen molar-refractivity contribution in [2.24, 2.45) is 0 Å². The Morgan fingerprint density at radius 2 is 0.907 bits per heavy atom. The molecule has 0 amide bonds. The third-order valence-corrected chi connectivity index (χ3v) is 11.5. The van der Waals surface area contributed by atoms with Crippen LogP contribution in [0.25, 0.3) is 109 Å². The maximum Gasteiger partial charge on any atom is 0.164 e. The maximum atomic E-state index is 6.64. The van der Waals surface area contributed by atoms with E-state index < -0.39 is 0 Å². The first-order chi connectivity index (χ1) is 26.7. The molecular weight excluding hydrogens is 679 g/mol. The number of thiophene rings is 1. The summed E-state index contributed by atoms with van der Waals surface area (Å²) in [6.07, 6.45) is 0. The predicted octanol–water partition coefficient (Wildman–Crippen LogP) is 13.6. The smallest absolute Gasteiger partial charge is 0.164 e. The van der Waals surface area contributed by atoms with Gasteiger partial charge in [0.15, 0.2) is 17.5 Å². The van der Waals surface area contributed by atoms with Crippen LogP contribution in [0.5, 0.6) is 0 Å². The van der Waals surface area contributed by atoms with Crippen molar-refractivity contribution >= 4 is 64.2 Å². The zero-order valence-corrected chi connectivity index (χ0v) is 29.7. The third kappa shape index (κ3) is 5.01. The molecule has 5 heteroatoms. The summed E-state index contributed by atoms with van der Waals surface area (Å²) in [7, 11) is 0. The monoisotopic (exact) mass is 707 g/mol. The zero-order chi connectivity index (χ0) is 35.6. The van der Waals surface area contributed by atoms with Gasteiger partial charge in [-0.05, 0) is 51.9 Å². The molecule has 0 saturated carbocycles. The molecule has 11 aromatic rings. The fraction of sp³-hybridized carbons (Fsp3) is 0. The molecular formula is C49H29N3OS. The van der Waals surface area contributed by atoms with Crippen molar-refractivity contribution in [2.45, 2.75) is 0 Å². The highest BCUT2D eigenvalue weighted by Crippen LogP contribution is 2.43. The van der Waals surface area contributed by atoms with E-state index in [9.17, 15) is 0 Å². The normalized spacial score (nSPS) is 11.7. The van der Waals surface area contributed by atoms with Gasteiger partial charge in [-0.1, -0.05) is 152 Å². The van der Waals surface area contributed by atoms with Crippen molar-refractivity contribution < 1.29 is 4.42 Å². The molecule has 54 heavy (non-hydrogen) atoms. The van der Waals surface area contributed by atoms with E-state index in [1.807, 2.05) is 30.3 Å². The lowest BCUT2D eigenvalue weighted by Gasteiger charge is -2.10. The minimum Gasteiger partial charge on any atom is -0.455 e. The summed E-state index contributed by atoms with van der Waals surface area (Å²) < 4.78 is 9.13. The molecule has 0 saturated heterocycles. The van der Waals surface area contributed by atoms with Crippen LogP contribution in [0.15, 0.2) is 180 Å². The molecule has 0 fully saturated rings. The Hall–Kier alpha value is -6.95. The molecule has 0 aliphatic carbocycles. The largest absolute Gasteiger partial charge is 0.455 e. The van der Waals surface area contributed by atoms with Gasteiger partial charge in [0, 0.05) is 53.0 Å². The van der Waals surface area contributed by atoms with Crippen LogP contribution >= 0.6 is 11.3 Å². The van der Waals surface area contributed by atoms with Crippen molar-refractivity contribution in [3.05, 3.63) is 176 Å². The fourth-order valence-corrected chi connectivity index (χ4v) is 8.91. The predicted molar refractivity (Wildman–Crippen MR) is 225 cm³/mol. The topological polar surface area (TPSA) is 51.8 Å². The molecule has 0 unspecified atom stereocenters. The minimum absolute atomic E-state index is 0.632. The van der Waals surface area contributed by atoms with E-state index in [0.29, 0.717) is 17.5 Å². The first-order valence-corrected chi connectivity index (χ1v) is 18.8. The summed E-state index contributed by atoms with van der Waals surface area (Å²) in [4.78, 5) is 15.1. The van der Waals surface area contributed by atoms with Gasteiger partial charge in [0.25, 0.3) is 0 Å². The van der Waals surface area contributed by atoms with Crippen LogP contribution < -0.4 is 0 Å². The molecule has 4 nitrogen and oxygen atoms in total. The zero-order valence-electron chi connectivity index (χ0n) is 28.9. The van der Waals surface area contributed by atoms with Gasteiger partial charge in [0.1, 0.15) is 11.2 Å². The molecule has 0 radical (unpaired) electrons.